The van der Waals surface area contributed by atoms with Crippen LogP contribution in [-0.4, -0.2) is 18.9 Å². The molecule has 1 saturated carbocycles. The summed E-state index contributed by atoms with van der Waals surface area (Å²) in [6.45, 7) is 27.5. The molecule has 1 fully saturated rings. The molecule has 0 bridgehead atoms. The average Bonchev–Trinajstić information content (AvgIpc) is 2.88. The van der Waals surface area contributed by atoms with Crippen LogP contribution in [0.5, 0.6) is 11.5 Å². The highest BCUT2D eigenvalue weighted by Gasteiger charge is 2.38. The third-order valence-electron chi connectivity index (χ3n) is 6.15. The maximum Gasteiger partial charge on any atom is 0.317 e. The van der Waals surface area contributed by atoms with E-state index in [4.69, 9.17) is 14.2 Å². The van der Waals surface area contributed by atoms with E-state index in [-0.39, 0.29) is 17.7 Å². The lowest BCUT2D eigenvalue weighted by Crippen LogP contribution is -2.35. The van der Waals surface area contributed by atoms with Gasteiger partial charge in [0, 0.05) is 0 Å². The number of carbonyl (C=O) groups excluding carboxylic acids is 1. The van der Waals surface area contributed by atoms with Crippen molar-refractivity contribution in [3.63, 3.8) is 0 Å². The zero-order valence-corrected chi connectivity index (χ0v) is 26.8. The molecule has 1 aromatic rings. The van der Waals surface area contributed by atoms with Crippen LogP contribution >= 0.6 is 0 Å². The number of benzene rings is 1. The largest absolute Gasteiger partial charge is 0.465 e. The van der Waals surface area contributed by atoms with Crippen molar-refractivity contribution in [2.24, 2.45) is 16.7 Å². The van der Waals surface area contributed by atoms with E-state index < -0.39 is 5.41 Å². The molecule has 1 aliphatic carbocycles. The zero-order chi connectivity index (χ0) is 29.6. The van der Waals surface area contributed by atoms with E-state index in [2.05, 4.69) is 54.7 Å². The highest BCUT2D eigenvalue weighted by molar-refractivity contribution is 5.78. The van der Waals surface area contributed by atoms with Crippen molar-refractivity contribution in [2.75, 3.05) is 6.61 Å². The van der Waals surface area contributed by atoms with Gasteiger partial charge in [-0.05, 0) is 68.7 Å². The normalized spacial score (nSPS) is 15.6. The Kier molecular flexibility index (Phi) is 22.2. The fourth-order valence-corrected chi connectivity index (χ4v) is 4.90. The van der Waals surface area contributed by atoms with Crippen LogP contribution in [0.25, 0.3) is 0 Å². The van der Waals surface area contributed by atoms with Crippen LogP contribution in [0.4, 0.5) is 0 Å². The summed E-state index contributed by atoms with van der Waals surface area (Å²) >= 11 is 0. The summed E-state index contributed by atoms with van der Waals surface area (Å²) in [5, 5.41) is 0. The molecule has 0 heterocycles. The van der Waals surface area contributed by atoms with E-state index in [1.165, 1.54) is 38.5 Å². The van der Waals surface area contributed by atoms with Crippen molar-refractivity contribution < 1.29 is 19.0 Å². The number of hydrogen-bond donors (Lipinski definition) is 0. The quantitative estimate of drug-likeness (QED) is 0.123. The first-order valence-corrected chi connectivity index (χ1v) is 15.1. The number of rotatable bonds is 11. The van der Waals surface area contributed by atoms with Gasteiger partial charge in [0.15, 0.2) is 6.29 Å². The van der Waals surface area contributed by atoms with Gasteiger partial charge in [-0.1, -0.05) is 100 Å². The SMILES string of the molecule is C=C.CC.CCC.CCCC(C)(CC(C)(C)C)C(=O)Oc1ccc(OC(C)OCCC2CCCCC2)cc1. The highest BCUT2D eigenvalue weighted by Crippen LogP contribution is 2.38. The van der Waals surface area contributed by atoms with Gasteiger partial charge in [0.2, 0.25) is 0 Å². The number of hydrogen-bond acceptors (Lipinski definition) is 4. The van der Waals surface area contributed by atoms with Crippen molar-refractivity contribution in [1.29, 1.82) is 0 Å². The number of ether oxygens (including phenoxy) is 3. The summed E-state index contributed by atoms with van der Waals surface area (Å²) in [5.74, 6) is 1.93. The molecular formula is C34H62O4. The minimum absolute atomic E-state index is 0.0633. The minimum Gasteiger partial charge on any atom is -0.465 e. The van der Waals surface area contributed by atoms with Crippen molar-refractivity contribution in [3.05, 3.63) is 37.4 Å². The van der Waals surface area contributed by atoms with Crippen LogP contribution in [0.2, 0.25) is 0 Å². The van der Waals surface area contributed by atoms with Gasteiger partial charge in [0.25, 0.3) is 0 Å². The van der Waals surface area contributed by atoms with Gasteiger partial charge in [-0.2, -0.15) is 0 Å². The summed E-state index contributed by atoms with van der Waals surface area (Å²) in [4.78, 5) is 12.9. The van der Waals surface area contributed by atoms with Gasteiger partial charge in [-0.25, -0.2) is 0 Å². The molecule has 0 saturated heterocycles. The molecule has 4 nitrogen and oxygen atoms in total. The smallest absolute Gasteiger partial charge is 0.317 e. The molecule has 0 spiro atoms. The van der Waals surface area contributed by atoms with E-state index >= 15 is 0 Å². The van der Waals surface area contributed by atoms with Gasteiger partial charge in [-0.15, -0.1) is 13.2 Å². The van der Waals surface area contributed by atoms with Crippen LogP contribution in [0.3, 0.4) is 0 Å². The first-order valence-electron chi connectivity index (χ1n) is 15.1. The molecule has 0 N–H and O–H groups in total. The molecule has 0 amide bonds. The van der Waals surface area contributed by atoms with Crippen LogP contribution in [-0.2, 0) is 9.53 Å². The van der Waals surface area contributed by atoms with Crippen molar-refractivity contribution >= 4 is 5.97 Å². The number of carbonyl (C=O) groups is 1. The second-order valence-corrected chi connectivity index (χ2v) is 11.5. The van der Waals surface area contributed by atoms with Crippen molar-refractivity contribution in [1.82, 2.24) is 0 Å². The molecule has 1 aromatic carbocycles. The van der Waals surface area contributed by atoms with E-state index in [9.17, 15) is 4.79 Å². The summed E-state index contributed by atoms with van der Waals surface area (Å²) in [6, 6.07) is 7.27. The molecule has 2 unspecified atom stereocenters. The summed E-state index contributed by atoms with van der Waals surface area (Å²) in [5.41, 5.74) is -0.420. The lowest BCUT2D eigenvalue weighted by Gasteiger charge is -2.33. The lowest BCUT2D eigenvalue weighted by molar-refractivity contribution is -0.147. The maximum atomic E-state index is 12.9. The Morgan fingerprint density at radius 2 is 1.45 bits per heavy atom. The Labute approximate surface area is 236 Å². The second kappa shape index (κ2) is 22.1. The number of esters is 1. The predicted octanol–water partition coefficient (Wildman–Crippen LogP) is 10.8. The fourth-order valence-electron chi connectivity index (χ4n) is 4.90. The van der Waals surface area contributed by atoms with Gasteiger partial charge < -0.3 is 14.2 Å². The zero-order valence-electron chi connectivity index (χ0n) is 26.8. The lowest BCUT2D eigenvalue weighted by atomic mass is 9.72. The molecular weight excluding hydrogens is 472 g/mol. The van der Waals surface area contributed by atoms with Gasteiger partial charge in [-0.3, -0.25) is 4.79 Å². The Hall–Kier alpha value is -1.81. The summed E-state index contributed by atoms with van der Waals surface area (Å²) in [7, 11) is 0. The van der Waals surface area contributed by atoms with Crippen LogP contribution < -0.4 is 9.47 Å². The topological polar surface area (TPSA) is 44.8 Å². The maximum absolute atomic E-state index is 12.9. The van der Waals surface area contributed by atoms with Crippen LogP contribution in [0.1, 0.15) is 133 Å². The predicted molar refractivity (Wildman–Crippen MR) is 165 cm³/mol. The second-order valence-electron chi connectivity index (χ2n) is 11.5. The molecule has 2 rings (SSSR count). The van der Waals surface area contributed by atoms with Gasteiger partial charge in [0.1, 0.15) is 11.5 Å². The molecule has 0 radical (unpaired) electrons. The molecule has 4 heteroatoms. The van der Waals surface area contributed by atoms with Gasteiger partial charge in [0.05, 0.1) is 12.0 Å². The first-order chi connectivity index (χ1) is 18.0. The van der Waals surface area contributed by atoms with E-state index in [0.717, 1.165) is 44.0 Å². The Morgan fingerprint density at radius 1 is 0.947 bits per heavy atom. The van der Waals surface area contributed by atoms with Crippen molar-refractivity contribution in [3.8, 4) is 11.5 Å². The fraction of sp³-hybridized carbons (Fsp3) is 0.735. The van der Waals surface area contributed by atoms with E-state index in [1.807, 2.05) is 39.8 Å². The van der Waals surface area contributed by atoms with E-state index in [1.54, 1.807) is 12.1 Å². The Morgan fingerprint density at radius 3 is 1.92 bits per heavy atom. The Balaban J connectivity index is 0. The monoisotopic (exact) mass is 534 g/mol. The van der Waals surface area contributed by atoms with E-state index in [0.29, 0.717) is 5.75 Å². The summed E-state index contributed by atoms with van der Waals surface area (Å²) < 4.78 is 17.5. The average molecular weight is 535 g/mol. The van der Waals surface area contributed by atoms with Crippen molar-refractivity contribution in [2.45, 2.75) is 140 Å². The molecule has 222 valence electrons. The first kappa shape index (κ1) is 38.3. The van der Waals surface area contributed by atoms with Gasteiger partial charge >= 0.3 is 5.97 Å². The molecule has 0 aromatic heterocycles. The Bertz CT molecular complexity index is 685. The molecule has 1 aliphatic rings. The molecule has 38 heavy (non-hydrogen) atoms. The third kappa shape index (κ3) is 17.7. The third-order valence-corrected chi connectivity index (χ3v) is 6.15. The standard InChI is InChI=1S/C27H44O4.C3H8.C2H6.C2H4/c1-7-18-27(6,20-26(3,4)5)25(28)31-24-15-13-23(14-16-24)30-21(2)29-19-17-22-11-9-8-10-12-22;1-3-2;2*1-2/h13-16,21-22H,7-12,17-20H2,1-6H3;3H2,1-2H3;1-2H3;1-2H2. The van der Waals surface area contributed by atoms with Crippen LogP contribution in [0.15, 0.2) is 37.4 Å². The highest BCUT2D eigenvalue weighted by atomic mass is 16.7. The molecule has 2 atom stereocenters. The summed E-state index contributed by atoms with van der Waals surface area (Å²) in [6.07, 6.45) is 11.4. The van der Waals surface area contributed by atoms with Crippen LogP contribution in [0, 0.1) is 16.7 Å². The minimum atomic E-state index is -0.483. The molecule has 0 aliphatic heterocycles.